The number of hydrogen-bond acceptors (Lipinski definition) is 8. The summed E-state index contributed by atoms with van der Waals surface area (Å²) >= 11 is 1.34. The lowest BCUT2D eigenvalue weighted by molar-refractivity contribution is -0.119. The van der Waals surface area contributed by atoms with Crippen LogP contribution in [0.4, 0.5) is 5.00 Å². The number of ether oxygens (including phenoxy) is 2. The zero-order chi connectivity index (χ0) is 27.0. The summed E-state index contributed by atoms with van der Waals surface area (Å²) in [6, 6.07) is 10.8. The van der Waals surface area contributed by atoms with Crippen LogP contribution in [0.3, 0.4) is 0 Å². The molecule has 1 N–H and O–H groups in total. The maximum absolute atomic E-state index is 13.2. The van der Waals surface area contributed by atoms with Crippen molar-refractivity contribution < 1.29 is 33.4 Å². The normalized spacial score (nSPS) is 15.7. The van der Waals surface area contributed by atoms with Crippen molar-refractivity contribution in [3.8, 4) is 0 Å². The van der Waals surface area contributed by atoms with E-state index in [1.54, 1.807) is 25.1 Å². The van der Waals surface area contributed by atoms with Crippen molar-refractivity contribution in [2.45, 2.75) is 33.1 Å². The molecule has 0 fully saturated rings. The Morgan fingerprint density at radius 1 is 0.947 bits per heavy atom. The summed E-state index contributed by atoms with van der Waals surface area (Å²) < 4.78 is 10.5. The molecule has 2 aliphatic rings. The van der Waals surface area contributed by atoms with Crippen LogP contribution in [0.5, 0.6) is 0 Å². The molecule has 0 aliphatic heterocycles. The minimum Gasteiger partial charge on any atom is -0.462 e. The number of esters is 2. The van der Waals surface area contributed by atoms with Crippen molar-refractivity contribution in [1.82, 2.24) is 0 Å². The topological polar surface area (TPSA) is 116 Å². The Labute approximate surface area is 223 Å². The molecular formula is C29H25NO7S. The number of thiophene rings is 1. The first-order valence-corrected chi connectivity index (χ1v) is 13.2. The first kappa shape index (κ1) is 25.5. The monoisotopic (exact) mass is 531 g/mol. The number of hydrogen-bond donors (Lipinski definition) is 1. The van der Waals surface area contributed by atoms with E-state index in [-0.39, 0.29) is 40.2 Å². The van der Waals surface area contributed by atoms with Gasteiger partial charge in [0.2, 0.25) is 0 Å². The molecule has 5 rings (SSSR count). The average molecular weight is 532 g/mol. The Hall–Kier alpha value is -4.11. The first-order chi connectivity index (χ1) is 18.3. The smallest absolute Gasteiger partial charge is 0.341 e. The molecule has 1 amide bonds. The van der Waals surface area contributed by atoms with E-state index in [4.69, 9.17) is 9.47 Å². The van der Waals surface area contributed by atoms with Gasteiger partial charge in [-0.3, -0.25) is 14.4 Å². The molecule has 2 aliphatic carbocycles. The number of benzene rings is 2. The van der Waals surface area contributed by atoms with E-state index in [9.17, 15) is 24.0 Å². The average Bonchev–Trinajstić information content (AvgIpc) is 3.26. The summed E-state index contributed by atoms with van der Waals surface area (Å²) in [5.74, 6) is -2.37. The molecule has 0 saturated heterocycles. The second-order valence-corrected chi connectivity index (χ2v) is 10.4. The van der Waals surface area contributed by atoms with Crippen LogP contribution in [-0.4, -0.2) is 42.6 Å². The van der Waals surface area contributed by atoms with Crippen molar-refractivity contribution in [2.24, 2.45) is 5.92 Å². The van der Waals surface area contributed by atoms with Crippen LogP contribution >= 0.6 is 11.3 Å². The zero-order valence-electron chi connectivity index (χ0n) is 20.9. The SMILES string of the molecule is CCOC(=O)c1c(NC(=O)COC(=O)c2cccc3c2C(=O)c2ccccc2C3=O)sc2c1CCC(C)C2. The van der Waals surface area contributed by atoms with Crippen molar-refractivity contribution >= 4 is 45.8 Å². The van der Waals surface area contributed by atoms with Gasteiger partial charge in [-0.2, -0.15) is 0 Å². The summed E-state index contributed by atoms with van der Waals surface area (Å²) in [4.78, 5) is 65.5. The van der Waals surface area contributed by atoms with Crippen LogP contribution in [0, 0.1) is 5.92 Å². The van der Waals surface area contributed by atoms with Gasteiger partial charge in [-0.05, 0) is 43.7 Å². The van der Waals surface area contributed by atoms with Crippen LogP contribution in [0.2, 0.25) is 0 Å². The van der Waals surface area contributed by atoms with Crippen molar-refractivity contribution in [3.63, 3.8) is 0 Å². The quantitative estimate of drug-likeness (QED) is 0.361. The van der Waals surface area contributed by atoms with Gasteiger partial charge in [0.1, 0.15) is 5.00 Å². The fourth-order valence-corrected chi connectivity index (χ4v) is 6.36. The van der Waals surface area contributed by atoms with E-state index in [2.05, 4.69) is 12.2 Å². The molecule has 1 atom stereocenters. The maximum atomic E-state index is 13.2. The van der Waals surface area contributed by atoms with Crippen molar-refractivity contribution in [2.75, 3.05) is 18.5 Å². The fraction of sp³-hybridized carbons (Fsp3) is 0.276. The van der Waals surface area contributed by atoms with Gasteiger partial charge in [-0.25, -0.2) is 9.59 Å². The molecule has 38 heavy (non-hydrogen) atoms. The molecule has 0 saturated carbocycles. The molecule has 2 aromatic carbocycles. The molecule has 1 heterocycles. The van der Waals surface area contributed by atoms with Crippen LogP contribution in [0.1, 0.15) is 83.3 Å². The summed E-state index contributed by atoms with van der Waals surface area (Å²) in [6.45, 7) is 3.43. The van der Waals surface area contributed by atoms with Crippen LogP contribution in [-0.2, 0) is 27.1 Å². The number of nitrogens with one attached hydrogen (secondary N) is 1. The Bertz CT molecular complexity index is 1500. The lowest BCUT2D eigenvalue weighted by atomic mass is 9.82. The van der Waals surface area contributed by atoms with Gasteiger partial charge in [0, 0.05) is 27.1 Å². The lowest BCUT2D eigenvalue weighted by Gasteiger charge is -2.19. The Morgan fingerprint density at radius 2 is 1.66 bits per heavy atom. The summed E-state index contributed by atoms with van der Waals surface area (Å²) in [7, 11) is 0. The standard InChI is InChI=1S/C29H25NO7S/c1-3-36-29(35)24-18-12-11-15(2)13-21(18)38-27(24)30-22(31)14-37-28(34)20-10-6-9-19-23(20)26(33)17-8-5-4-7-16(17)25(19)32/h4-10,15H,3,11-14H2,1-2H3,(H,30,31). The first-order valence-electron chi connectivity index (χ1n) is 12.4. The minimum absolute atomic E-state index is 0.0359. The lowest BCUT2D eigenvalue weighted by Crippen LogP contribution is -2.26. The molecule has 0 bridgehead atoms. The van der Waals surface area contributed by atoms with Crippen molar-refractivity contribution in [1.29, 1.82) is 0 Å². The van der Waals surface area contributed by atoms with E-state index >= 15 is 0 Å². The third kappa shape index (κ3) is 4.54. The Morgan fingerprint density at radius 3 is 2.39 bits per heavy atom. The second kappa shape index (κ2) is 10.3. The molecule has 0 radical (unpaired) electrons. The maximum Gasteiger partial charge on any atom is 0.341 e. The zero-order valence-corrected chi connectivity index (χ0v) is 21.7. The number of anilines is 1. The van der Waals surface area contributed by atoms with Gasteiger partial charge in [-0.15, -0.1) is 11.3 Å². The molecule has 1 aromatic heterocycles. The van der Waals surface area contributed by atoms with E-state index in [1.165, 1.54) is 35.6 Å². The second-order valence-electron chi connectivity index (χ2n) is 9.33. The fourth-order valence-electron chi connectivity index (χ4n) is 4.94. The Kier molecular flexibility index (Phi) is 6.94. The number of amides is 1. The number of ketones is 2. The summed E-state index contributed by atoms with van der Waals surface area (Å²) in [5.41, 5.74) is 1.75. The highest BCUT2D eigenvalue weighted by atomic mass is 32.1. The summed E-state index contributed by atoms with van der Waals surface area (Å²) in [5, 5.41) is 3.07. The number of carbonyl (C=O) groups is 5. The minimum atomic E-state index is -0.901. The highest BCUT2D eigenvalue weighted by molar-refractivity contribution is 7.17. The summed E-state index contributed by atoms with van der Waals surface area (Å²) in [6.07, 6.45) is 2.47. The van der Waals surface area contributed by atoms with Gasteiger partial charge in [0.15, 0.2) is 18.2 Å². The van der Waals surface area contributed by atoms with Gasteiger partial charge in [0.05, 0.1) is 17.7 Å². The van der Waals surface area contributed by atoms with Crippen LogP contribution in [0.15, 0.2) is 42.5 Å². The largest absolute Gasteiger partial charge is 0.462 e. The number of rotatable bonds is 6. The van der Waals surface area contributed by atoms with E-state index in [0.717, 1.165) is 29.7 Å². The van der Waals surface area contributed by atoms with Gasteiger partial charge >= 0.3 is 11.9 Å². The van der Waals surface area contributed by atoms with E-state index < -0.39 is 30.2 Å². The highest BCUT2D eigenvalue weighted by Crippen LogP contribution is 2.40. The van der Waals surface area contributed by atoms with Crippen LogP contribution in [0.25, 0.3) is 0 Å². The molecule has 8 nitrogen and oxygen atoms in total. The molecule has 3 aromatic rings. The number of carbonyl (C=O) groups excluding carboxylic acids is 5. The van der Waals surface area contributed by atoms with E-state index in [1.807, 2.05) is 0 Å². The van der Waals surface area contributed by atoms with Gasteiger partial charge in [-0.1, -0.05) is 43.3 Å². The predicted molar refractivity (Wildman–Crippen MR) is 140 cm³/mol. The van der Waals surface area contributed by atoms with Gasteiger partial charge in [0.25, 0.3) is 5.91 Å². The molecule has 1 unspecified atom stereocenters. The highest BCUT2D eigenvalue weighted by Gasteiger charge is 2.34. The van der Waals surface area contributed by atoms with E-state index in [0.29, 0.717) is 16.5 Å². The molecule has 194 valence electrons. The number of fused-ring (bicyclic) bond motifs is 3. The van der Waals surface area contributed by atoms with Crippen molar-refractivity contribution in [3.05, 3.63) is 86.3 Å². The van der Waals surface area contributed by atoms with Crippen LogP contribution < -0.4 is 5.32 Å². The molecule has 9 heteroatoms. The van der Waals surface area contributed by atoms with Gasteiger partial charge < -0.3 is 14.8 Å². The Balaban J connectivity index is 1.34. The third-order valence-corrected chi connectivity index (χ3v) is 7.92. The molecular weight excluding hydrogens is 506 g/mol. The third-order valence-electron chi connectivity index (χ3n) is 6.75. The predicted octanol–water partition coefficient (Wildman–Crippen LogP) is 4.62. The molecule has 0 spiro atoms.